The van der Waals surface area contributed by atoms with Crippen LogP contribution >= 0.6 is 0 Å². The van der Waals surface area contributed by atoms with Gasteiger partial charge in [0.25, 0.3) is 0 Å². The van der Waals surface area contributed by atoms with Crippen molar-refractivity contribution in [3.8, 4) is 12.1 Å². The van der Waals surface area contributed by atoms with Crippen LogP contribution in [0.4, 0.5) is 0 Å². The van der Waals surface area contributed by atoms with Crippen LogP contribution in [0.1, 0.15) is 20.3 Å². The topological polar surface area (TPSA) is 47.6 Å². The second-order valence-electron chi connectivity index (χ2n) is 1.96. The number of rotatable bonds is 1. The normalized spacial score (nSPS) is 6.18. The number of nitrogens with zero attached hydrogens (tertiary/aromatic N) is 2. The van der Waals surface area contributed by atoms with E-state index in [1.54, 1.807) is 6.92 Å². The molecule has 0 saturated heterocycles. The standard InChI is InChI=1S/C5H7N.C4H5N/c1-3-5(2)4-6;1-4(2)3-5/h2-3H2,1H3;1H2,2H3. The van der Waals surface area contributed by atoms with Gasteiger partial charge in [0, 0.05) is 11.1 Å². The fourth-order valence-electron chi connectivity index (χ4n) is 0.0791. The van der Waals surface area contributed by atoms with Gasteiger partial charge in [0.05, 0.1) is 12.1 Å². The lowest BCUT2D eigenvalue weighted by molar-refractivity contribution is 1.16. The Bertz CT molecular complexity index is 213. The van der Waals surface area contributed by atoms with Crippen LogP contribution in [0.2, 0.25) is 0 Å². The molecule has 0 atom stereocenters. The Morgan fingerprint density at radius 2 is 1.64 bits per heavy atom. The molecule has 0 N–H and O–H groups in total. The fourth-order valence-corrected chi connectivity index (χ4v) is 0.0791. The molecule has 0 bridgehead atoms. The summed E-state index contributed by atoms with van der Waals surface area (Å²) < 4.78 is 0. The van der Waals surface area contributed by atoms with E-state index in [0.29, 0.717) is 11.1 Å². The summed E-state index contributed by atoms with van der Waals surface area (Å²) in [5, 5.41) is 15.8. The highest BCUT2D eigenvalue weighted by Crippen LogP contribution is 1.89. The molecule has 0 aromatic heterocycles. The maximum Gasteiger partial charge on any atom is 0.0940 e. The highest BCUT2D eigenvalue weighted by Gasteiger charge is 1.77. The Hall–Kier alpha value is -1.54. The largest absolute Gasteiger partial charge is 0.193 e. The Kier molecular flexibility index (Phi) is 9.36. The predicted octanol–water partition coefficient (Wildman–Crippen LogP) is 2.56. The summed E-state index contributed by atoms with van der Waals surface area (Å²) in [7, 11) is 0. The molecule has 0 unspecified atom stereocenters. The monoisotopic (exact) mass is 148 g/mol. The minimum absolute atomic E-state index is 0.560. The molecule has 0 rings (SSSR count). The van der Waals surface area contributed by atoms with Crippen LogP contribution < -0.4 is 0 Å². The SMILES string of the molecule is C=C(C#N)CC.C=C(C)C#N. The molecule has 0 saturated carbocycles. The molecule has 0 aromatic carbocycles. The lowest BCUT2D eigenvalue weighted by Crippen LogP contribution is -1.64. The molecule has 0 aliphatic carbocycles. The Morgan fingerprint density at radius 3 is 1.64 bits per heavy atom. The van der Waals surface area contributed by atoms with Gasteiger partial charge in [-0.25, -0.2) is 0 Å². The van der Waals surface area contributed by atoms with Gasteiger partial charge >= 0.3 is 0 Å². The van der Waals surface area contributed by atoms with E-state index >= 15 is 0 Å². The third-order valence-electron chi connectivity index (χ3n) is 0.776. The van der Waals surface area contributed by atoms with Crippen molar-refractivity contribution in [1.29, 1.82) is 10.5 Å². The first-order valence-corrected chi connectivity index (χ1v) is 3.21. The van der Waals surface area contributed by atoms with Crippen LogP contribution in [0.15, 0.2) is 24.3 Å². The van der Waals surface area contributed by atoms with Crippen molar-refractivity contribution in [2.45, 2.75) is 20.3 Å². The molecule has 0 aliphatic rings. The van der Waals surface area contributed by atoms with Crippen LogP contribution in [-0.2, 0) is 0 Å². The predicted molar refractivity (Wildman–Crippen MR) is 45.5 cm³/mol. The Labute approximate surface area is 68.1 Å². The third kappa shape index (κ3) is 17.7. The molecule has 2 nitrogen and oxygen atoms in total. The second kappa shape index (κ2) is 8.46. The van der Waals surface area contributed by atoms with Crippen LogP contribution in [-0.4, -0.2) is 0 Å². The molecule has 0 aliphatic heterocycles. The van der Waals surface area contributed by atoms with E-state index in [2.05, 4.69) is 13.2 Å². The molecular weight excluding hydrogens is 136 g/mol. The average molecular weight is 148 g/mol. The van der Waals surface area contributed by atoms with E-state index in [1.807, 2.05) is 19.1 Å². The minimum Gasteiger partial charge on any atom is -0.193 e. The molecule has 0 fully saturated rings. The molecule has 58 valence electrons. The Morgan fingerprint density at radius 1 is 1.27 bits per heavy atom. The molecule has 0 amide bonds. The average Bonchev–Trinajstić information content (AvgIpc) is 2.04. The quantitative estimate of drug-likeness (QED) is 0.536. The molecular formula is C9H12N2. The van der Waals surface area contributed by atoms with E-state index in [0.717, 1.165) is 6.42 Å². The highest BCUT2D eigenvalue weighted by atomic mass is 14.2. The number of hydrogen-bond donors (Lipinski definition) is 0. The second-order valence-corrected chi connectivity index (χ2v) is 1.96. The first-order chi connectivity index (χ1) is 5.08. The van der Waals surface area contributed by atoms with Crippen molar-refractivity contribution in [3.63, 3.8) is 0 Å². The van der Waals surface area contributed by atoms with Crippen molar-refractivity contribution >= 4 is 0 Å². The molecule has 0 aromatic rings. The van der Waals surface area contributed by atoms with Crippen molar-refractivity contribution in [3.05, 3.63) is 24.3 Å². The summed E-state index contributed by atoms with van der Waals surface area (Å²) >= 11 is 0. The van der Waals surface area contributed by atoms with Gasteiger partial charge in [-0.15, -0.1) is 0 Å². The fraction of sp³-hybridized carbons (Fsp3) is 0.333. The zero-order valence-electron chi connectivity index (χ0n) is 7.02. The maximum absolute atomic E-state index is 7.99. The zero-order valence-corrected chi connectivity index (χ0v) is 7.02. The summed E-state index contributed by atoms with van der Waals surface area (Å²) in [6, 6.07) is 3.75. The lowest BCUT2D eigenvalue weighted by Gasteiger charge is -1.76. The molecule has 0 heterocycles. The maximum atomic E-state index is 7.99. The molecule has 0 spiro atoms. The summed E-state index contributed by atoms with van der Waals surface area (Å²) in [4.78, 5) is 0. The first-order valence-electron chi connectivity index (χ1n) is 3.21. The van der Waals surface area contributed by atoms with Gasteiger partial charge in [-0.3, -0.25) is 0 Å². The van der Waals surface area contributed by atoms with Crippen LogP contribution in [0.25, 0.3) is 0 Å². The molecule has 11 heavy (non-hydrogen) atoms. The van der Waals surface area contributed by atoms with Gasteiger partial charge in [0.1, 0.15) is 0 Å². The van der Waals surface area contributed by atoms with Crippen LogP contribution in [0.3, 0.4) is 0 Å². The number of allylic oxidation sites excluding steroid dienone is 2. The summed E-state index contributed by atoms with van der Waals surface area (Å²) in [5.74, 6) is 0. The summed E-state index contributed by atoms with van der Waals surface area (Å²) in [6.45, 7) is 10.3. The van der Waals surface area contributed by atoms with Gasteiger partial charge in [-0.2, -0.15) is 10.5 Å². The lowest BCUT2D eigenvalue weighted by atomic mass is 10.3. The first kappa shape index (κ1) is 12.2. The van der Waals surface area contributed by atoms with E-state index in [9.17, 15) is 0 Å². The van der Waals surface area contributed by atoms with E-state index in [4.69, 9.17) is 10.5 Å². The Balaban J connectivity index is 0. The van der Waals surface area contributed by atoms with Crippen molar-refractivity contribution in [2.24, 2.45) is 0 Å². The van der Waals surface area contributed by atoms with Gasteiger partial charge < -0.3 is 0 Å². The highest BCUT2D eigenvalue weighted by molar-refractivity contribution is 5.14. The zero-order chi connectivity index (χ0) is 9.28. The minimum atomic E-state index is 0.560. The smallest absolute Gasteiger partial charge is 0.0940 e. The van der Waals surface area contributed by atoms with Gasteiger partial charge in [-0.05, 0) is 13.3 Å². The van der Waals surface area contributed by atoms with Gasteiger partial charge in [-0.1, -0.05) is 20.1 Å². The van der Waals surface area contributed by atoms with Crippen LogP contribution in [0, 0.1) is 22.7 Å². The molecule has 0 radical (unpaired) electrons. The van der Waals surface area contributed by atoms with Crippen molar-refractivity contribution in [1.82, 2.24) is 0 Å². The molecule has 2 heteroatoms. The van der Waals surface area contributed by atoms with E-state index in [1.165, 1.54) is 0 Å². The number of hydrogen-bond acceptors (Lipinski definition) is 2. The third-order valence-corrected chi connectivity index (χ3v) is 0.776. The van der Waals surface area contributed by atoms with Gasteiger partial charge in [0.2, 0.25) is 0 Å². The summed E-state index contributed by atoms with van der Waals surface area (Å²) in [5.41, 5.74) is 1.21. The van der Waals surface area contributed by atoms with Gasteiger partial charge in [0.15, 0.2) is 0 Å². The van der Waals surface area contributed by atoms with Crippen molar-refractivity contribution in [2.75, 3.05) is 0 Å². The van der Waals surface area contributed by atoms with E-state index < -0.39 is 0 Å². The number of nitriles is 2. The summed E-state index contributed by atoms with van der Waals surface area (Å²) in [6.07, 6.45) is 0.774. The van der Waals surface area contributed by atoms with Crippen LogP contribution in [0.5, 0.6) is 0 Å². The van der Waals surface area contributed by atoms with Crippen molar-refractivity contribution < 1.29 is 0 Å². The van der Waals surface area contributed by atoms with E-state index in [-0.39, 0.29) is 0 Å².